The summed E-state index contributed by atoms with van der Waals surface area (Å²) < 4.78 is 30.9. The second-order valence-electron chi connectivity index (χ2n) is 3.13. The number of hydrogen-bond donors (Lipinski definition) is 1. The SMILES string of the molecule is COCCNS(=O)(=O)c1ccccc1CCl. The first-order valence-electron chi connectivity index (χ1n) is 4.74. The van der Waals surface area contributed by atoms with Crippen molar-refractivity contribution in [1.82, 2.24) is 4.72 Å². The molecular formula is C10H14ClNO3S. The summed E-state index contributed by atoms with van der Waals surface area (Å²) >= 11 is 5.68. The third-order valence-electron chi connectivity index (χ3n) is 2.00. The topological polar surface area (TPSA) is 55.4 Å². The van der Waals surface area contributed by atoms with Gasteiger partial charge in [-0.1, -0.05) is 18.2 Å². The number of hydrogen-bond acceptors (Lipinski definition) is 3. The van der Waals surface area contributed by atoms with Crippen LogP contribution in [0.1, 0.15) is 5.56 Å². The van der Waals surface area contributed by atoms with E-state index in [4.69, 9.17) is 16.3 Å². The number of alkyl halides is 1. The van der Waals surface area contributed by atoms with Gasteiger partial charge in [0.2, 0.25) is 10.0 Å². The number of nitrogens with one attached hydrogen (secondary N) is 1. The maximum Gasteiger partial charge on any atom is 0.240 e. The van der Waals surface area contributed by atoms with E-state index in [9.17, 15) is 8.42 Å². The lowest BCUT2D eigenvalue weighted by Crippen LogP contribution is -2.27. The highest BCUT2D eigenvalue weighted by Gasteiger charge is 2.16. The molecule has 0 aliphatic carbocycles. The Bertz CT molecular complexity index is 433. The van der Waals surface area contributed by atoms with E-state index in [-0.39, 0.29) is 17.3 Å². The van der Waals surface area contributed by atoms with E-state index in [0.29, 0.717) is 12.2 Å². The van der Waals surface area contributed by atoms with Crippen LogP contribution in [0.4, 0.5) is 0 Å². The predicted octanol–water partition coefficient (Wildman–Crippen LogP) is 1.35. The summed E-state index contributed by atoms with van der Waals surface area (Å²) in [5.41, 5.74) is 0.592. The molecule has 0 bridgehead atoms. The largest absolute Gasteiger partial charge is 0.383 e. The Labute approximate surface area is 101 Å². The van der Waals surface area contributed by atoms with E-state index in [1.807, 2.05) is 0 Å². The maximum atomic E-state index is 11.9. The third kappa shape index (κ3) is 3.45. The Morgan fingerprint density at radius 1 is 1.38 bits per heavy atom. The molecular weight excluding hydrogens is 250 g/mol. The summed E-state index contributed by atoms with van der Waals surface area (Å²) in [5.74, 6) is 0.168. The van der Waals surface area contributed by atoms with E-state index < -0.39 is 10.0 Å². The molecule has 1 aromatic rings. The fourth-order valence-electron chi connectivity index (χ4n) is 1.23. The monoisotopic (exact) mass is 263 g/mol. The average molecular weight is 264 g/mol. The Hall–Kier alpha value is -0.620. The molecule has 0 aromatic heterocycles. The summed E-state index contributed by atoms with van der Waals surface area (Å²) in [5, 5.41) is 0. The highest BCUT2D eigenvalue weighted by Crippen LogP contribution is 2.16. The summed E-state index contributed by atoms with van der Waals surface area (Å²) in [6.07, 6.45) is 0. The molecule has 0 saturated carbocycles. The lowest BCUT2D eigenvalue weighted by atomic mass is 10.2. The third-order valence-corrected chi connectivity index (χ3v) is 3.85. The van der Waals surface area contributed by atoms with Gasteiger partial charge in [0.25, 0.3) is 0 Å². The Morgan fingerprint density at radius 2 is 2.06 bits per heavy atom. The van der Waals surface area contributed by atoms with E-state index in [1.165, 1.54) is 13.2 Å². The molecule has 0 aliphatic rings. The van der Waals surface area contributed by atoms with Crippen molar-refractivity contribution in [2.24, 2.45) is 0 Å². The van der Waals surface area contributed by atoms with Crippen molar-refractivity contribution in [3.05, 3.63) is 29.8 Å². The summed E-state index contributed by atoms with van der Waals surface area (Å²) in [6, 6.07) is 6.65. The first-order chi connectivity index (χ1) is 7.61. The molecule has 0 heterocycles. The van der Waals surface area contributed by atoms with Crippen molar-refractivity contribution < 1.29 is 13.2 Å². The second-order valence-corrected chi connectivity index (χ2v) is 5.13. The van der Waals surface area contributed by atoms with Gasteiger partial charge in [-0.25, -0.2) is 13.1 Å². The molecule has 0 aliphatic heterocycles. The molecule has 1 N–H and O–H groups in total. The number of sulfonamides is 1. The van der Waals surface area contributed by atoms with Crippen LogP contribution in [0.25, 0.3) is 0 Å². The molecule has 0 atom stereocenters. The van der Waals surface area contributed by atoms with Crippen molar-refractivity contribution in [3.8, 4) is 0 Å². The highest BCUT2D eigenvalue weighted by atomic mass is 35.5. The van der Waals surface area contributed by atoms with Gasteiger partial charge in [-0.15, -0.1) is 11.6 Å². The average Bonchev–Trinajstić information content (AvgIpc) is 2.29. The fourth-order valence-corrected chi connectivity index (χ4v) is 2.80. The van der Waals surface area contributed by atoms with E-state index in [2.05, 4.69) is 4.72 Å². The minimum atomic E-state index is -3.49. The lowest BCUT2D eigenvalue weighted by molar-refractivity contribution is 0.204. The molecule has 1 rings (SSSR count). The molecule has 90 valence electrons. The molecule has 0 fully saturated rings. The molecule has 0 saturated heterocycles. The van der Waals surface area contributed by atoms with Crippen LogP contribution in [0.2, 0.25) is 0 Å². The van der Waals surface area contributed by atoms with Crippen LogP contribution < -0.4 is 4.72 Å². The van der Waals surface area contributed by atoms with Gasteiger partial charge in [0, 0.05) is 19.5 Å². The van der Waals surface area contributed by atoms with Crippen LogP contribution in [0.15, 0.2) is 29.2 Å². The predicted molar refractivity (Wildman–Crippen MR) is 63.1 cm³/mol. The second kappa shape index (κ2) is 6.20. The molecule has 4 nitrogen and oxygen atoms in total. The zero-order valence-corrected chi connectivity index (χ0v) is 10.5. The number of methoxy groups -OCH3 is 1. The van der Waals surface area contributed by atoms with Crippen LogP contribution in [-0.2, 0) is 20.6 Å². The Morgan fingerprint density at radius 3 is 2.69 bits per heavy atom. The standard InChI is InChI=1S/C10H14ClNO3S/c1-15-7-6-12-16(13,14)10-5-3-2-4-9(10)8-11/h2-5,12H,6-8H2,1H3. The van der Waals surface area contributed by atoms with Gasteiger partial charge in [0.1, 0.15) is 0 Å². The summed E-state index contributed by atoms with van der Waals surface area (Å²) in [6.45, 7) is 0.581. The van der Waals surface area contributed by atoms with Crippen molar-refractivity contribution in [2.75, 3.05) is 20.3 Å². The van der Waals surface area contributed by atoms with E-state index in [0.717, 1.165) is 0 Å². The zero-order chi connectivity index (χ0) is 12.0. The van der Waals surface area contributed by atoms with Gasteiger partial charge in [-0.05, 0) is 11.6 Å². The normalized spacial score (nSPS) is 11.6. The molecule has 0 amide bonds. The first kappa shape index (κ1) is 13.4. The van der Waals surface area contributed by atoms with Gasteiger partial charge < -0.3 is 4.74 Å². The molecule has 0 spiro atoms. The van der Waals surface area contributed by atoms with Crippen molar-refractivity contribution >= 4 is 21.6 Å². The Kier molecular flexibility index (Phi) is 5.21. The van der Waals surface area contributed by atoms with Crippen LogP contribution in [0, 0.1) is 0 Å². The highest BCUT2D eigenvalue weighted by molar-refractivity contribution is 7.89. The minimum absolute atomic E-state index is 0.168. The van der Waals surface area contributed by atoms with E-state index >= 15 is 0 Å². The van der Waals surface area contributed by atoms with Gasteiger partial charge in [0.05, 0.1) is 11.5 Å². The van der Waals surface area contributed by atoms with Crippen LogP contribution in [0.3, 0.4) is 0 Å². The first-order valence-corrected chi connectivity index (χ1v) is 6.76. The minimum Gasteiger partial charge on any atom is -0.383 e. The van der Waals surface area contributed by atoms with Crippen molar-refractivity contribution in [3.63, 3.8) is 0 Å². The molecule has 6 heteroatoms. The van der Waals surface area contributed by atoms with Crippen LogP contribution >= 0.6 is 11.6 Å². The van der Waals surface area contributed by atoms with Gasteiger partial charge in [-0.2, -0.15) is 0 Å². The zero-order valence-electron chi connectivity index (χ0n) is 8.94. The number of benzene rings is 1. The van der Waals surface area contributed by atoms with Gasteiger partial charge >= 0.3 is 0 Å². The number of rotatable bonds is 6. The molecule has 16 heavy (non-hydrogen) atoms. The van der Waals surface area contributed by atoms with Crippen molar-refractivity contribution in [1.29, 1.82) is 0 Å². The molecule has 0 radical (unpaired) electrons. The molecule has 1 aromatic carbocycles. The van der Waals surface area contributed by atoms with Crippen LogP contribution in [0.5, 0.6) is 0 Å². The quantitative estimate of drug-likeness (QED) is 0.623. The summed E-state index contributed by atoms with van der Waals surface area (Å²) in [7, 11) is -1.97. The van der Waals surface area contributed by atoms with Gasteiger partial charge in [0.15, 0.2) is 0 Å². The maximum absolute atomic E-state index is 11.9. The smallest absolute Gasteiger partial charge is 0.240 e. The number of halogens is 1. The Balaban J connectivity index is 2.89. The van der Waals surface area contributed by atoms with Crippen LogP contribution in [-0.4, -0.2) is 28.7 Å². The van der Waals surface area contributed by atoms with Gasteiger partial charge in [-0.3, -0.25) is 0 Å². The summed E-state index contributed by atoms with van der Waals surface area (Å²) in [4.78, 5) is 0.223. The van der Waals surface area contributed by atoms with Crippen molar-refractivity contribution in [2.45, 2.75) is 10.8 Å². The lowest BCUT2D eigenvalue weighted by Gasteiger charge is -2.09. The number of ether oxygens (including phenoxy) is 1. The molecule has 0 unspecified atom stereocenters. The van der Waals surface area contributed by atoms with E-state index in [1.54, 1.807) is 18.2 Å². The fraction of sp³-hybridized carbons (Fsp3) is 0.400.